The number of rotatable bonds is 6. The van der Waals surface area contributed by atoms with E-state index in [1.54, 1.807) is 19.2 Å². The van der Waals surface area contributed by atoms with Crippen LogP contribution < -0.4 is 20.1 Å². The molecule has 0 spiro atoms. The van der Waals surface area contributed by atoms with Crippen molar-refractivity contribution < 1.29 is 14.3 Å². The lowest BCUT2D eigenvalue weighted by Gasteiger charge is -2.15. The lowest BCUT2D eigenvalue weighted by atomic mass is 10.3. The fourth-order valence-electron chi connectivity index (χ4n) is 1.87. The van der Waals surface area contributed by atoms with Crippen molar-refractivity contribution in [3.05, 3.63) is 54.6 Å². The highest BCUT2D eigenvalue weighted by atomic mass is 16.5. The molecule has 0 fully saturated rings. The minimum atomic E-state index is -0.280. The van der Waals surface area contributed by atoms with E-state index >= 15 is 0 Å². The van der Waals surface area contributed by atoms with Crippen molar-refractivity contribution in [2.75, 3.05) is 19.0 Å². The zero-order chi connectivity index (χ0) is 15.8. The van der Waals surface area contributed by atoms with E-state index in [1.165, 1.54) is 0 Å². The van der Waals surface area contributed by atoms with Crippen LogP contribution in [-0.4, -0.2) is 25.8 Å². The summed E-state index contributed by atoms with van der Waals surface area (Å²) in [5.74, 6) is 1.47. The highest BCUT2D eigenvalue weighted by molar-refractivity contribution is 5.89. The number of carbonyl (C=O) groups excluding carboxylic acids is 1. The molecule has 0 heterocycles. The second-order valence-corrected chi connectivity index (χ2v) is 4.86. The predicted molar refractivity (Wildman–Crippen MR) is 86.5 cm³/mol. The Bertz CT molecular complexity index is 602. The number of urea groups is 1. The fourth-order valence-corrected chi connectivity index (χ4v) is 1.87. The summed E-state index contributed by atoms with van der Waals surface area (Å²) in [6.07, 6.45) is 0. The molecule has 5 nitrogen and oxygen atoms in total. The Kier molecular flexibility index (Phi) is 5.65. The molecule has 0 radical (unpaired) electrons. The molecule has 0 unspecified atom stereocenters. The number of amides is 2. The monoisotopic (exact) mass is 300 g/mol. The molecular weight excluding hydrogens is 280 g/mol. The van der Waals surface area contributed by atoms with Crippen LogP contribution in [-0.2, 0) is 0 Å². The number of ether oxygens (including phenoxy) is 2. The average molecular weight is 300 g/mol. The normalized spacial score (nSPS) is 11.4. The number of anilines is 1. The number of benzene rings is 2. The number of nitrogens with one attached hydrogen (secondary N) is 2. The fraction of sp³-hybridized carbons (Fsp3) is 0.235. The summed E-state index contributed by atoms with van der Waals surface area (Å²) in [4.78, 5) is 11.9. The van der Waals surface area contributed by atoms with E-state index in [0.29, 0.717) is 18.0 Å². The van der Waals surface area contributed by atoms with Crippen molar-refractivity contribution in [2.45, 2.75) is 13.0 Å². The molecule has 0 aliphatic carbocycles. The van der Waals surface area contributed by atoms with Gasteiger partial charge < -0.3 is 20.1 Å². The maximum absolute atomic E-state index is 11.9. The van der Waals surface area contributed by atoms with Crippen LogP contribution >= 0.6 is 0 Å². The van der Waals surface area contributed by atoms with Crippen LogP contribution in [0.5, 0.6) is 11.5 Å². The molecule has 2 aromatic rings. The van der Waals surface area contributed by atoms with Gasteiger partial charge in [0.1, 0.15) is 18.1 Å². The Morgan fingerprint density at radius 1 is 1.09 bits per heavy atom. The van der Waals surface area contributed by atoms with E-state index in [1.807, 2.05) is 49.4 Å². The van der Waals surface area contributed by atoms with Gasteiger partial charge in [-0.05, 0) is 31.2 Å². The molecule has 1 atom stereocenters. The summed E-state index contributed by atoms with van der Waals surface area (Å²) in [6, 6.07) is 16.3. The Hall–Kier alpha value is -2.69. The molecule has 116 valence electrons. The third kappa shape index (κ3) is 5.01. The maximum atomic E-state index is 11.9. The van der Waals surface area contributed by atoms with Crippen molar-refractivity contribution in [1.82, 2.24) is 5.32 Å². The van der Waals surface area contributed by atoms with Gasteiger partial charge in [-0.1, -0.05) is 24.3 Å². The molecule has 2 rings (SSSR count). The summed E-state index contributed by atoms with van der Waals surface area (Å²) in [5, 5.41) is 5.58. The number of para-hydroxylation sites is 1. The van der Waals surface area contributed by atoms with E-state index in [2.05, 4.69) is 10.6 Å². The number of hydrogen-bond acceptors (Lipinski definition) is 3. The Balaban J connectivity index is 1.78. The van der Waals surface area contributed by atoms with Gasteiger partial charge >= 0.3 is 6.03 Å². The van der Waals surface area contributed by atoms with E-state index in [9.17, 15) is 4.79 Å². The SMILES string of the molecule is COc1cccc(NC(=O)N[C@@H](C)COc2ccccc2)c1. The van der Waals surface area contributed by atoms with Crippen molar-refractivity contribution in [1.29, 1.82) is 0 Å². The van der Waals surface area contributed by atoms with E-state index in [-0.39, 0.29) is 12.1 Å². The molecule has 0 aliphatic heterocycles. The Morgan fingerprint density at radius 2 is 1.82 bits per heavy atom. The van der Waals surface area contributed by atoms with Gasteiger partial charge in [-0.25, -0.2) is 4.79 Å². The minimum absolute atomic E-state index is 0.120. The van der Waals surface area contributed by atoms with Gasteiger partial charge in [0.2, 0.25) is 0 Å². The van der Waals surface area contributed by atoms with Crippen LogP contribution in [0.2, 0.25) is 0 Å². The first-order chi connectivity index (χ1) is 10.7. The first-order valence-electron chi connectivity index (χ1n) is 7.07. The van der Waals surface area contributed by atoms with Gasteiger partial charge in [0.15, 0.2) is 0 Å². The molecular formula is C17H20N2O3. The van der Waals surface area contributed by atoms with E-state index in [4.69, 9.17) is 9.47 Å². The lowest BCUT2D eigenvalue weighted by Crippen LogP contribution is -2.39. The zero-order valence-corrected chi connectivity index (χ0v) is 12.7. The highest BCUT2D eigenvalue weighted by Crippen LogP contribution is 2.16. The van der Waals surface area contributed by atoms with Crippen LogP contribution in [0.25, 0.3) is 0 Å². The first-order valence-corrected chi connectivity index (χ1v) is 7.07. The Morgan fingerprint density at radius 3 is 2.55 bits per heavy atom. The Labute approximate surface area is 130 Å². The first kappa shape index (κ1) is 15.7. The van der Waals surface area contributed by atoms with Gasteiger partial charge in [0.25, 0.3) is 0 Å². The molecule has 2 N–H and O–H groups in total. The molecule has 0 aromatic heterocycles. The smallest absolute Gasteiger partial charge is 0.319 e. The molecule has 22 heavy (non-hydrogen) atoms. The lowest BCUT2D eigenvalue weighted by molar-refractivity contribution is 0.236. The van der Waals surface area contributed by atoms with Crippen molar-refractivity contribution in [2.24, 2.45) is 0 Å². The van der Waals surface area contributed by atoms with E-state index in [0.717, 1.165) is 5.75 Å². The summed E-state index contributed by atoms with van der Waals surface area (Å²) >= 11 is 0. The van der Waals surface area contributed by atoms with Crippen molar-refractivity contribution >= 4 is 11.7 Å². The van der Waals surface area contributed by atoms with Crippen molar-refractivity contribution in [3.8, 4) is 11.5 Å². The van der Waals surface area contributed by atoms with Crippen LogP contribution in [0.1, 0.15) is 6.92 Å². The molecule has 5 heteroatoms. The van der Waals surface area contributed by atoms with Crippen LogP contribution in [0.3, 0.4) is 0 Å². The molecule has 0 bridgehead atoms. The quantitative estimate of drug-likeness (QED) is 0.860. The van der Waals surface area contributed by atoms with Gasteiger partial charge in [-0.15, -0.1) is 0 Å². The summed E-state index contributed by atoms with van der Waals surface area (Å²) in [5.41, 5.74) is 0.674. The van der Waals surface area contributed by atoms with E-state index < -0.39 is 0 Å². The third-order valence-corrected chi connectivity index (χ3v) is 2.95. The molecule has 0 saturated carbocycles. The van der Waals surface area contributed by atoms with Gasteiger partial charge in [0.05, 0.1) is 13.2 Å². The topological polar surface area (TPSA) is 59.6 Å². The van der Waals surface area contributed by atoms with Crippen molar-refractivity contribution in [3.63, 3.8) is 0 Å². The average Bonchev–Trinajstić information content (AvgIpc) is 2.54. The molecule has 0 saturated heterocycles. The second kappa shape index (κ2) is 7.93. The standard InChI is InChI=1S/C17H20N2O3/c1-13(12-22-15-8-4-3-5-9-15)18-17(20)19-14-7-6-10-16(11-14)21-2/h3-11,13H,12H2,1-2H3,(H2,18,19,20)/t13-/m0/s1. The minimum Gasteiger partial charge on any atom is -0.497 e. The zero-order valence-electron chi connectivity index (χ0n) is 12.7. The third-order valence-electron chi connectivity index (χ3n) is 2.95. The van der Waals surface area contributed by atoms with Gasteiger partial charge in [-0.3, -0.25) is 0 Å². The van der Waals surface area contributed by atoms with Gasteiger partial charge in [-0.2, -0.15) is 0 Å². The predicted octanol–water partition coefficient (Wildman–Crippen LogP) is 3.28. The van der Waals surface area contributed by atoms with Crippen LogP contribution in [0.4, 0.5) is 10.5 Å². The molecule has 2 amide bonds. The molecule has 0 aliphatic rings. The summed E-state index contributed by atoms with van der Waals surface area (Å²) < 4.78 is 10.7. The largest absolute Gasteiger partial charge is 0.497 e. The molecule has 2 aromatic carbocycles. The van der Waals surface area contributed by atoms with Crippen LogP contribution in [0, 0.1) is 0 Å². The maximum Gasteiger partial charge on any atom is 0.319 e. The summed E-state index contributed by atoms with van der Waals surface area (Å²) in [7, 11) is 1.59. The van der Waals surface area contributed by atoms with Crippen LogP contribution in [0.15, 0.2) is 54.6 Å². The number of hydrogen-bond donors (Lipinski definition) is 2. The highest BCUT2D eigenvalue weighted by Gasteiger charge is 2.08. The number of methoxy groups -OCH3 is 1. The van der Waals surface area contributed by atoms with Gasteiger partial charge in [0, 0.05) is 11.8 Å². The number of carbonyl (C=O) groups is 1. The second-order valence-electron chi connectivity index (χ2n) is 4.86. The summed E-state index contributed by atoms with van der Waals surface area (Å²) in [6.45, 7) is 2.28.